The minimum atomic E-state index is -0.394. The van der Waals surface area contributed by atoms with Crippen LogP contribution in [0.1, 0.15) is 51.4 Å². The molecular formula is C23H32O6. The predicted molar refractivity (Wildman–Crippen MR) is 111 cm³/mol. The van der Waals surface area contributed by atoms with Crippen LogP contribution in [0.15, 0.2) is 49.5 Å². The van der Waals surface area contributed by atoms with Gasteiger partial charge in [0, 0.05) is 12.0 Å². The van der Waals surface area contributed by atoms with E-state index in [1.807, 2.05) is 0 Å². The molecule has 0 spiro atoms. The molecular weight excluding hydrogens is 372 g/mol. The maximum Gasteiger partial charge on any atom is 0.330 e. The van der Waals surface area contributed by atoms with E-state index in [9.17, 15) is 14.4 Å². The smallest absolute Gasteiger partial charge is 0.330 e. The van der Waals surface area contributed by atoms with Crippen LogP contribution >= 0.6 is 0 Å². The molecule has 0 N–H and O–H groups in total. The van der Waals surface area contributed by atoms with E-state index >= 15 is 0 Å². The van der Waals surface area contributed by atoms with Crippen LogP contribution in [-0.2, 0) is 28.6 Å². The summed E-state index contributed by atoms with van der Waals surface area (Å²) >= 11 is 0. The van der Waals surface area contributed by atoms with Crippen molar-refractivity contribution < 1.29 is 28.6 Å². The number of unbranched alkanes of at least 4 members (excludes halogenated alkanes) is 3. The molecule has 0 amide bonds. The summed E-state index contributed by atoms with van der Waals surface area (Å²) < 4.78 is 15.7. The Morgan fingerprint density at radius 1 is 0.862 bits per heavy atom. The normalized spacial score (nSPS) is 18.6. The first kappa shape index (κ1) is 24.4. The van der Waals surface area contributed by atoms with E-state index in [-0.39, 0.29) is 23.6 Å². The third kappa shape index (κ3) is 11.1. The predicted octanol–water partition coefficient (Wildman–Crippen LogP) is 4.42. The number of carbonyl (C=O) groups excluding carboxylic acids is 3. The molecule has 0 bridgehead atoms. The van der Waals surface area contributed by atoms with Crippen molar-refractivity contribution >= 4 is 18.2 Å². The lowest BCUT2D eigenvalue weighted by atomic mass is 9.83. The fraction of sp³-hybridized carbons (Fsp3) is 0.522. The van der Waals surface area contributed by atoms with E-state index in [1.54, 1.807) is 12.2 Å². The van der Waals surface area contributed by atoms with Gasteiger partial charge >= 0.3 is 11.9 Å². The molecule has 29 heavy (non-hydrogen) atoms. The number of hydrogen-bond donors (Lipinski definition) is 0. The Morgan fingerprint density at radius 2 is 1.45 bits per heavy atom. The van der Waals surface area contributed by atoms with Crippen LogP contribution in [0.5, 0.6) is 0 Å². The summed E-state index contributed by atoms with van der Waals surface area (Å²) in [6.07, 6.45) is 11.7. The molecule has 1 aliphatic rings. The van der Waals surface area contributed by atoms with Gasteiger partial charge in [0.05, 0.1) is 19.1 Å². The highest BCUT2D eigenvalue weighted by Gasteiger charge is 2.27. The first-order chi connectivity index (χ1) is 14.0. The quantitative estimate of drug-likeness (QED) is 0.106. The van der Waals surface area contributed by atoms with E-state index in [2.05, 4.69) is 19.7 Å². The molecule has 0 saturated heterocycles. The van der Waals surface area contributed by atoms with Gasteiger partial charge < -0.3 is 19.0 Å². The van der Waals surface area contributed by atoms with E-state index in [0.29, 0.717) is 31.8 Å². The summed E-state index contributed by atoms with van der Waals surface area (Å²) in [6, 6.07) is 0. The molecule has 0 heterocycles. The summed E-state index contributed by atoms with van der Waals surface area (Å²) in [5, 5.41) is 0. The summed E-state index contributed by atoms with van der Waals surface area (Å²) in [6.45, 7) is 11.8. The fourth-order valence-electron chi connectivity index (χ4n) is 2.96. The average Bonchev–Trinajstić information content (AvgIpc) is 2.73. The van der Waals surface area contributed by atoms with Crippen molar-refractivity contribution in [1.82, 2.24) is 0 Å². The number of aldehydes is 1. The van der Waals surface area contributed by atoms with E-state index in [4.69, 9.17) is 14.2 Å². The van der Waals surface area contributed by atoms with Gasteiger partial charge in [-0.1, -0.05) is 19.7 Å². The topological polar surface area (TPSA) is 78.9 Å². The fourth-order valence-corrected chi connectivity index (χ4v) is 2.96. The third-order valence-corrected chi connectivity index (χ3v) is 4.72. The second kappa shape index (κ2) is 14.4. The number of carbonyl (C=O) groups is 3. The van der Waals surface area contributed by atoms with Gasteiger partial charge in [0.2, 0.25) is 0 Å². The van der Waals surface area contributed by atoms with Gasteiger partial charge in [0.25, 0.3) is 0 Å². The Bertz CT molecular complexity index is 611. The summed E-state index contributed by atoms with van der Waals surface area (Å²) in [4.78, 5) is 33.8. The van der Waals surface area contributed by atoms with Crippen LogP contribution < -0.4 is 0 Å². The zero-order chi connectivity index (χ0) is 21.5. The molecule has 1 aliphatic carbocycles. The van der Waals surface area contributed by atoms with Gasteiger partial charge in [-0.15, -0.1) is 0 Å². The van der Waals surface area contributed by atoms with Gasteiger partial charge in [-0.2, -0.15) is 0 Å². The lowest BCUT2D eigenvalue weighted by Gasteiger charge is -2.23. The molecule has 6 heteroatoms. The number of allylic oxidation sites excluding steroid dienone is 2. The number of esters is 2. The molecule has 0 aromatic carbocycles. The van der Waals surface area contributed by atoms with Gasteiger partial charge in [-0.3, -0.25) is 4.79 Å². The highest BCUT2D eigenvalue weighted by atomic mass is 16.5. The summed E-state index contributed by atoms with van der Waals surface area (Å²) in [5.74, 6) is -0.0864. The third-order valence-electron chi connectivity index (χ3n) is 4.72. The van der Waals surface area contributed by atoms with Crippen molar-refractivity contribution in [3.05, 3.63) is 49.5 Å². The van der Waals surface area contributed by atoms with Crippen LogP contribution in [0.2, 0.25) is 0 Å². The lowest BCUT2D eigenvalue weighted by Crippen LogP contribution is -2.23. The molecule has 0 radical (unpaired) electrons. The number of ether oxygens (including phenoxy) is 3. The molecule has 160 valence electrons. The van der Waals surface area contributed by atoms with Crippen molar-refractivity contribution in [2.75, 3.05) is 13.2 Å². The van der Waals surface area contributed by atoms with Gasteiger partial charge in [0.1, 0.15) is 17.8 Å². The molecule has 1 rings (SSSR count). The van der Waals surface area contributed by atoms with E-state index in [0.717, 1.165) is 50.9 Å². The maximum absolute atomic E-state index is 12.1. The Kier molecular flexibility index (Phi) is 12.1. The molecule has 0 atom stereocenters. The molecule has 0 aliphatic heterocycles. The zero-order valence-corrected chi connectivity index (χ0v) is 17.1. The second-order valence-electron chi connectivity index (χ2n) is 7.07. The Morgan fingerprint density at radius 3 is 2.03 bits per heavy atom. The lowest BCUT2D eigenvalue weighted by molar-refractivity contribution is -0.145. The Labute approximate surface area is 173 Å². The summed E-state index contributed by atoms with van der Waals surface area (Å²) in [5.41, 5.74) is 0. The van der Waals surface area contributed by atoms with Crippen molar-refractivity contribution in [3.8, 4) is 0 Å². The van der Waals surface area contributed by atoms with Crippen molar-refractivity contribution in [2.45, 2.75) is 51.4 Å². The van der Waals surface area contributed by atoms with Gasteiger partial charge in [-0.25, -0.2) is 4.79 Å². The van der Waals surface area contributed by atoms with Gasteiger partial charge in [0.15, 0.2) is 0 Å². The number of hydrogen-bond acceptors (Lipinski definition) is 6. The molecule has 6 nitrogen and oxygen atoms in total. The maximum atomic E-state index is 12.1. The van der Waals surface area contributed by atoms with Crippen molar-refractivity contribution in [3.63, 3.8) is 0 Å². The van der Waals surface area contributed by atoms with E-state index < -0.39 is 5.97 Å². The van der Waals surface area contributed by atoms with Crippen LogP contribution in [-0.4, -0.2) is 31.4 Å². The standard InChI is InChI=1S/C23H32O6/c1-4-22(25)28-16-8-6-5-7-15-27-18(2)9-10-19(3)29-23(26)21-13-11-20(17-24)12-14-21/h4,9-10,17,20-21H,1-3,5-8,11-16H2/b10-9-. The Hall–Kier alpha value is -2.63. The molecule has 0 aromatic rings. The molecule has 0 unspecified atom stereocenters. The van der Waals surface area contributed by atoms with E-state index in [1.165, 1.54) is 0 Å². The van der Waals surface area contributed by atoms with Crippen molar-refractivity contribution in [1.29, 1.82) is 0 Å². The van der Waals surface area contributed by atoms with Crippen LogP contribution in [0.3, 0.4) is 0 Å². The first-order valence-electron chi connectivity index (χ1n) is 10.1. The zero-order valence-electron chi connectivity index (χ0n) is 17.1. The summed E-state index contributed by atoms with van der Waals surface area (Å²) in [7, 11) is 0. The average molecular weight is 405 g/mol. The SMILES string of the molecule is C=CC(=O)OCCCCCCOC(=C)/C=C\C(=C)OC(=O)C1CCC(C=O)CC1. The monoisotopic (exact) mass is 404 g/mol. The van der Waals surface area contributed by atoms with Crippen LogP contribution in [0, 0.1) is 11.8 Å². The first-order valence-corrected chi connectivity index (χ1v) is 10.1. The number of rotatable bonds is 14. The Balaban J connectivity index is 2.10. The molecule has 1 saturated carbocycles. The molecule has 0 aromatic heterocycles. The van der Waals surface area contributed by atoms with Crippen molar-refractivity contribution in [2.24, 2.45) is 11.8 Å². The molecule has 1 fully saturated rings. The van der Waals surface area contributed by atoms with Gasteiger partial charge in [-0.05, 0) is 63.5 Å². The van der Waals surface area contributed by atoms with Crippen LogP contribution in [0.4, 0.5) is 0 Å². The highest BCUT2D eigenvalue weighted by molar-refractivity contribution is 5.81. The highest BCUT2D eigenvalue weighted by Crippen LogP contribution is 2.28. The minimum absolute atomic E-state index is 0.0670. The largest absolute Gasteiger partial charge is 0.494 e. The minimum Gasteiger partial charge on any atom is -0.494 e. The second-order valence-corrected chi connectivity index (χ2v) is 7.07. The van der Waals surface area contributed by atoms with Crippen LogP contribution in [0.25, 0.3) is 0 Å².